The van der Waals surface area contributed by atoms with Crippen molar-refractivity contribution >= 4 is 22.6 Å². The van der Waals surface area contributed by atoms with Gasteiger partial charge in [-0.3, -0.25) is 10.8 Å². The van der Waals surface area contributed by atoms with Crippen LogP contribution in [0.15, 0.2) is 53.1 Å². The first-order valence-corrected chi connectivity index (χ1v) is 7.19. The summed E-state index contributed by atoms with van der Waals surface area (Å²) in [4.78, 5) is 4.32. The van der Waals surface area contributed by atoms with Gasteiger partial charge in [-0.25, -0.2) is 5.43 Å². The Morgan fingerprint density at radius 2 is 2.14 bits per heavy atom. The van der Waals surface area contributed by atoms with Crippen LogP contribution in [0.3, 0.4) is 0 Å². The first-order valence-electron chi connectivity index (χ1n) is 6.81. The second kappa shape index (κ2) is 6.26. The molecule has 0 aliphatic carbocycles. The Labute approximate surface area is 127 Å². The Balaban J connectivity index is 1.78. The van der Waals surface area contributed by atoms with Gasteiger partial charge in [0.15, 0.2) is 0 Å². The van der Waals surface area contributed by atoms with Crippen molar-refractivity contribution in [2.75, 3.05) is 0 Å². The molecule has 0 saturated heterocycles. The Kier molecular flexibility index (Phi) is 4.20. The summed E-state index contributed by atoms with van der Waals surface area (Å²) in [6.45, 7) is 0. The Morgan fingerprint density at radius 1 is 1.24 bits per heavy atom. The molecule has 5 heteroatoms. The second-order valence-electron chi connectivity index (χ2n) is 4.91. The second-order valence-corrected chi connectivity index (χ2v) is 5.35. The maximum absolute atomic E-state index is 5.99. The third-order valence-electron chi connectivity index (χ3n) is 3.46. The lowest BCUT2D eigenvalue weighted by molar-refractivity contribution is 0.416. The smallest absolute Gasteiger partial charge is 0.134 e. The molecule has 3 N–H and O–H groups in total. The number of aryl methyl sites for hydroxylation is 1. The van der Waals surface area contributed by atoms with E-state index in [-0.39, 0.29) is 6.04 Å². The van der Waals surface area contributed by atoms with Crippen LogP contribution in [0.1, 0.15) is 23.9 Å². The van der Waals surface area contributed by atoms with Crippen LogP contribution in [-0.4, -0.2) is 4.98 Å². The van der Waals surface area contributed by atoms with Gasteiger partial charge in [-0.2, -0.15) is 0 Å². The molecular formula is C16H16ClN3O. The number of hydrogen-bond acceptors (Lipinski definition) is 4. The van der Waals surface area contributed by atoms with Crippen LogP contribution in [0.2, 0.25) is 5.02 Å². The molecule has 0 saturated carbocycles. The molecule has 0 aliphatic rings. The molecule has 0 spiro atoms. The van der Waals surface area contributed by atoms with Gasteiger partial charge in [0.2, 0.25) is 0 Å². The van der Waals surface area contributed by atoms with Gasteiger partial charge < -0.3 is 4.42 Å². The molecule has 2 aromatic heterocycles. The third-order valence-corrected chi connectivity index (χ3v) is 3.69. The lowest BCUT2D eigenvalue weighted by Crippen LogP contribution is -2.28. The van der Waals surface area contributed by atoms with Gasteiger partial charge in [0, 0.05) is 22.3 Å². The van der Waals surface area contributed by atoms with Gasteiger partial charge in [-0.15, -0.1) is 0 Å². The number of nitrogens with two attached hydrogens (primary N) is 1. The fourth-order valence-electron chi connectivity index (χ4n) is 2.35. The van der Waals surface area contributed by atoms with Crippen molar-refractivity contribution in [3.63, 3.8) is 0 Å². The van der Waals surface area contributed by atoms with E-state index in [0.29, 0.717) is 5.02 Å². The van der Waals surface area contributed by atoms with Gasteiger partial charge in [0.05, 0.1) is 6.04 Å². The topological polar surface area (TPSA) is 64.1 Å². The minimum absolute atomic E-state index is 0.0572. The molecule has 0 bridgehead atoms. The van der Waals surface area contributed by atoms with Crippen molar-refractivity contribution < 1.29 is 4.42 Å². The van der Waals surface area contributed by atoms with Gasteiger partial charge in [0.25, 0.3) is 0 Å². The number of nitrogens with zero attached hydrogens (tertiary/aromatic N) is 1. The number of hydrazine groups is 1. The highest BCUT2D eigenvalue weighted by Gasteiger charge is 2.15. The van der Waals surface area contributed by atoms with Gasteiger partial charge in [0.1, 0.15) is 11.3 Å². The maximum atomic E-state index is 5.99. The van der Waals surface area contributed by atoms with Crippen LogP contribution in [0.5, 0.6) is 0 Å². The van der Waals surface area contributed by atoms with E-state index < -0.39 is 0 Å². The van der Waals surface area contributed by atoms with Crippen molar-refractivity contribution in [1.82, 2.24) is 10.4 Å². The van der Waals surface area contributed by atoms with E-state index in [9.17, 15) is 0 Å². The van der Waals surface area contributed by atoms with E-state index in [1.807, 2.05) is 42.5 Å². The number of hydrogen-bond donors (Lipinski definition) is 2. The molecule has 3 rings (SSSR count). The van der Waals surface area contributed by atoms with Gasteiger partial charge >= 0.3 is 0 Å². The van der Waals surface area contributed by atoms with Crippen molar-refractivity contribution in [3.8, 4) is 0 Å². The van der Waals surface area contributed by atoms with E-state index in [1.165, 1.54) is 0 Å². The zero-order valence-electron chi connectivity index (χ0n) is 11.4. The van der Waals surface area contributed by atoms with Crippen LogP contribution in [0.4, 0.5) is 0 Å². The van der Waals surface area contributed by atoms with E-state index in [4.69, 9.17) is 21.9 Å². The summed E-state index contributed by atoms with van der Waals surface area (Å²) in [6.07, 6.45) is 3.43. The molecule has 108 valence electrons. The first-order chi connectivity index (χ1) is 10.3. The lowest BCUT2D eigenvalue weighted by atomic mass is 10.1. The number of rotatable bonds is 5. The van der Waals surface area contributed by atoms with E-state index >= 15 is 0 Å². The predicted octanol–water partition coefficient (Wildman–Crippen LogP) is 3.62. The zero-order chi connectivity index (χ0) is 14.7. The fourth-order valence-corrected chi connectivity index (χ4v) is 2.53. The molecule has 1 atom stereocenters. The number of halogens is 1. The fraction of sp³-hybridized carbons (Fsp3) is 0.188. The van der Waals surface area contributed by atoms with Crippen LogP contribution in [0.25, 0.3) is 11.0 Å². The van der Waals surface area contributed by atoms with E-state index in [0.717, 1.165) is 35.3 Å². The molecule has 2 heterocycles. The molecule has 0 fully saturated rings. The number of pyridine rings is 1. The molecule has 1 unspecified atom stereocenters. The molecule has 3 aromatic rings. The van der Waals surface area contributed by atoms with Crippen molar-refractivity contribution in [2.45, 2.75) is 18.9 Å². The molecular weight excluding hydrogens is 286 g/mol. The molecule has 1 aromatic carbocycles. The minimum Gasteiger partial charge on any atom is -0.459 e. The Morgan fingerprint density at radius 3 is 2.90 bits per heavy atom. The van der Waals surface area contributed by atoms with E-state index in [1.54, 1.807) is 6.20 Å². The van der Waals surface area contributed by atoms with Crippen molar-refractivity contribution in [3.05, 3.63) is 65.1 Å². The van der Waals surface area contributed by atoms with Crippen LogP contribution < -0.4 is 11.3 Å². The quantitative estimate of drug-likeness (QED) is 0.558. The number of fused-ring (bicyclic) bond motifs is 1. The monoisotopic (exact) mass is 301 g/mol. The largest absolute Gasteiger partial charge is 0.459 e. The summed E-state index contributed by atoms with van der Waals surface area (Å²) in [7, 11) is 0. The number of furan rings is 1. The molecule has 0 aliphatic heterocycles. The zero-order valence-corrected chi connectivity index (χ0v) is 12.2. The van der Waals surface area contributed by atoms with Crippen LogP contribution in [-0.2, 0) is 6.42 Å². The number of nitrogens with one attached hydrogen (secondary N) is 1. The predicted molar refractivity (Wildman–Crippen MR) is 83.8 cm³/mol. The molecule has 0 amide bonds. The molecule has 0 radical (unpaired) electrons. The van der Waals surface area contributed by atoms with Crippen molar-refractivity contribution in [2.24, 2.45) is 5.84 Å². The minimum atomic E-state index is -0.0572. The highest BCUT2D eigenvalue weighted by molar-refractivity contribution is 6.31. The average molecular weight is 302 g/mol. The summed E-state index contributed by atoms with van der Waals surface area (Å²) >= 11 is 5.99. The van der Waals surface area contributed by atoms with Crippen LogP contribution in [0, 0.1) is 0 Å². The van der Waals surface area contributed by atoms with E-state index in [2.05, 4.69) is 10.4 Å². The van der Waals surface area contributed by atoms with Gasteiger partial charge in [-0.05, 0) is 49.2 Å². The standard InChI is InChI=1S/C16H16ClN3O/c17-12-4-7-15-11(9-12)10-16(21-15)14(20-18)6-5-13-3-1-2-8-19-13/h1-4,7-10,14,20H,5-6,18H2. The first kappa shape index (κ1) is 14.1. The molecule has 21 heavy (non-hydrogen) atoms. The third kappa shape index (κ3) is 3.24. The SMILES string of the molecule is NNC(CCc1ccccn1)c1cc2cc(Cl)ccc2o1. The molecule has 4 nitrogen and oxygen atoms in total. The number of benzene rings is 1. The average Bonchev–Trinajstić information content (AvgIpc) is 2.92. The summed E-state index contributed by atoms with van der Waals surface area (Å²) < 4.78 is 5.84. The Hall–Kier alpha value is -1.88. The number of aromatic nitrogens is 1. The summed E-state index contributed by atoms with van der Waals surface area (Å²) in [6, 6.07) is 13.4. The highest BCUT2D eigenvalue weighted by atomic mass is 35.5. The summed E-state index contributed by atoms with van der Waals surface area (Å²) in [5.41, 5.74) is 4.66. The summed E-state index contributed by atoms with van der Waals surface area (Å²) in [5.74, 6) is 6.48. The Bertz CT molecular complexity index is 727. The highest BCUT2D eigenvalue weighted by Crippen LogP contribution is 2.28. The maximum Gasteiger partial charge on any atom is 0.134 e. The van der Waals surface area contributed by atoms with Crippen LogP contribution >= 0.6 is 11.6 Å². The summed E-state index contributed by atoms with van der Waals surface area (Å²) in [5, 5.41) is 1.68. The van der Waals surface area contributed by atoms with Gasteiger partial charge in [-0.1, -0.05) is 17.7 Å². The normalized spacial score (nSPS) is 12.7. The lowest BCUT2D eigenvalue weighted by Gasteiger charge is -2.12. The van der Waals surface area contributed by atoms with Crippen molar-refractivity contribution in [1.29, 1.82) is 0 Å².